The Morgan fingerprint density at radius 1 is 1.21 bits per heavy atom. The van der Waals surface area contributed by atoms with Gasteiger partial charge in [-0.05, 0) is 30.7 Å². The number of hydrogen-bond acceptors (Lipinski definition) is 5. The summed E-state index contributed by atoms with van der Waals surface area (Å²) >= 11 is 0. The number of rotatable bonds is 5. The molecule has 0 radical (unpaired) electrons. The van der Waals surface area contributed by atoms with E-state index in [1.54, 1.807) is 23.0 Å². The molecule has 28 heavy (non-hydrogen) atoms. The lowest BCUT2D eigenvalue weighted by Gasteiger charge is -2.15. The maximum atomic E-state index is 11.4. The van der Waals surface area contributed by atoms with Crippen molar-refractivity contribution in [2.45, 2.75) is 13.5 Å². The Bertz CT molecular complexity index is 988. The van der Waals surface area contributed by atoms with Gasteiger partial charge < -0.3 is 16.0 Å². The van der Waals surface area contributed by atoms with Gasteiger partial charge in [0.25, 0.3) is 0 Å². The maximum absolute atomic E-state index is 11.4. The SMILES string of the molecule is Cc1ccc(C[N+]2=C(N)C(=Nc3ccc(N(C)C)cc3NC(N)=O)C=N2)cc1. The molecule has 5 N–H and O–H groups in total. The van der Waals surface area contributed by atoms with Crippen LogP contribution in [-0.4, -0.2) is 42.6 Å². The number of hydrogen-bond donors (Lipinski definition) is 3. The molecule has 0 saturated carbocycles. The summed E-state index contributed by atoms with van der Waals surface area (Å²) in [6, 6.07) is 13.0. The third-order valence-corrected chi connectivity index (χ3v) is 4.31. The molecule has 0 aliphatic carbocycles. The molecule has 0 aromatic heterocycles. The van der Waals surface area contributed by atoms with Crippen LogP contribution in [0.1, 0.15) is 11.1 Å². The number of primary amides is 1. The summed E-state index contributed by atoms with van der Waals surface area (Å²) in [5.74, 6) is 0.447. The standard InChI is InChI=1S/C20H23N7O/c1-13-4-6-14(7-5-13)12-27-19(21)18(11-23-27)24-16-9-8-15(26(2)3)10-17(16)25-20(22)28/h4-11H,12H2,1-3H3,(H4,21,22,23,25,28)/p+1. The molecular formula is C20H24N7O+. The van der Waals surface area contributed by atoms with Gasteiger partial charge in [0.05, 0.1) is 11.4 Å². The molecule has 8 nitrogen and oxygen atoms in total. The summed E-state index contributed by atoms with van der Waals surface area (Å²) in [7, 11) is 3.82. The van der Waals surface area contributed by atoms with Crippen LogP contribution in [0.3, 0.4) is 0 Å². The predicted molar refractivity (Wildman–Crippen MR) is 114 cm³/mol. The van der Waals surface area contributed by atoms with Crippen LogP contribution >= 0.6 is 0 Å². The fraction of sp³-hybridized carbons (Fsp3) is 0.200. The maximum Gasteiger partial charge on any atom is 0.321 e. The van der Waals surface area contributed by atoms with Crippen LogP contribution in [0.15, 0.2) is 52.6 Å². The van der Waals surface area contributed by atoms with E-state index in [-0.39, 0.29) is 0 Å². The molecule has 2 amide bonds. The molecule has 0 bridgehead atoms. The van der Waals surface area contributed by atoms with E-state index in [0.717, 1.165) is 11.3 Å². The minimum atomic E-state index is -0.657. The Morgan fingerprint density at radius 2 is 1.93 bits per heavy atom. The van der Waals surface area contributed by atoms with Crippen LogP contribution in [0.2, 0.25) is 0 Å². The van der Waals surface area contributed by atoms with E-state index in [9.17, 15) is 4.79 Å². The van der Waals surface area contributed by atoms with Crippen LogP contribution < -0.4 is 21.7 Å². The first-order chi connectivity index (χ1) is 13.3. The molecule has 2 aromatic rings. The second-order valence-electron chi connectivity index (χ2n) is 6.76. The minimum Gasteiger partial charge on any atom is -0.378 e. The highest BCUT2D eigenvalue weighted by Gasteiger charge is 2.22. The Morgan fingerprint density at radius 3 is 2.57 bits per heavy atom. The van der Waals surface area contributed by atoms with Gasteiger partial charge in [0.2, 0.25) is 0 Å². The number of hydrazone groups is 1. The van der Waals surface area contributed by atoms with Crippen LogP contribution in [0.4, 0.5) is 21.9 Å². The Kier molecular flexibility index (Phi) is 5.39. The second-order valence-corrected chi connectivity index (χ2v) is 6.76. The fourth-order valence-electron chi connectivity index (χ4n) is 2.73. The lowest BCUT2D eigenvalue weighted by molar-refractivity contribution is -0.546. The van der Waals surface area contributed by atoms with Crippen molar-refractivity contribution in [1.29, 1.82) is 0 Å². The monoisotopic (exact) mass is 378 g/mol. The van der Waals surface area contributed by atoms with E-state index < -0.39 is 6.03 Å². The van der Waals surface area contributed by atoms with Gasteiger partial charge >= 0.3 is 11.9 Å². The Hall–Kier alpha value is -3.68. The van der Waals surface area contributed by atoms with Crippen molar-refractivity contribution in [1.82, 2.24) is 0 Å². The number of nitrogens with two attached hydrogens (primary N) is 2. The van der Waals surface area contributed by atoms with Gasteiger partial charge in [-0.3, -0.25) is 5.73 Å². The summed E-state index contributed by atoms with van der Waals surface area (Å²) in [6.07, 6.45) is 1.61. The van der Waals surface area contributed by atoms with Crippen LogP contribution in [0.25, 0.3) is 0 Å². The molecule has 1 aliphatic rings. The number of amidine groups is 1. The van der Waals surface area contributed by atoms with Crippen LogP contribution in [0, 0.1) is 6.92 Å². The number of amides is 2. The summed E-state index contributed by atoms with van der Waals surface area (Å²) in [5, 5.41) is 6.95. The zero-order chi connectivity index (χ0) is 20.3. The van der Waals surface area contributed by atoms with Gasteiger partial charge in [-0.15, -0.1) is 4.68 Å². The van der Waals surface area contributed by atoms with E-state index in [2.05, 4.69) is 15.4 Å². The fourth-order valence-corrected chi connectivity index (χ4v) is 2.73. The first-order valence-corrected chi connectivity index (χ1v) is 8.80. The van der Waals surface area contributed by atoms with E-state index in [0.29, 0.717) is 29.5 Å². The van der Waals surface area contributed by atoms with Gasteiger partial charge in [0.1, 0.15) is 12.8 Å². The Balaban J connectivity index is 1.91. The van der Waals surface area contributed by atoms with Gasteiger partial charge in [-0.25, -0.2) is 9.79 Å². The lowest BCUT2D eigenvalue weighted by atomic mass is 10.1. The third kappa shape index (κ3) is 4.35. The molecule has 144 valence electrons. The normalized spacial score (nSPS) is 14.6. The lowest BCUT2D eigenvalue weighted by Crippen LogP contribution is -2.28. The summed E-state index contributed by atoms with van der Waals surface area (Å²) in [5.41, 5.74) is 16.3. The van der Waals surface area contributed by atoms with E-state index in [1.165, 1.54) is 5.56 Å². The molecule has 0 atom stereocenters. The van der Waals surface area contributed by atoms with Crippen molar-refractivity contribution in [3.63, 3.8) is 0 Å². The van der Waals surface area contributed by atoms with Crippen LogP contribution in [-0.2, 0) is 6.54 Å². The number of carbonyl (C=O) groups is 1. The van der Waals surface area contributed by atoms with E-state index >= 15 is 0 Å². The summed E-state index contributed by atoms with van der Waals surface area (Å²) in [6.45, 7) is 2.59. The molecule has 2 aromatic carbocycles. The predicted octanol–water partition coefficient (Wildman–Crippen LogP) is 2.19. The van der Waals surface area contributed by atoms with Crippen molar-refractivity contribution in [2.24, 2.45) is 21.6 Å². The number of benzene rings is 2. The topological polar surface area (TPSA) is 112 Å². The number of anilines is 2. The molecule has 1 aliphatic heterocycles. The molecule has 3 rings (SSSR count). The van der Waals surface area contributed by atoms with E-state index in [1.807, 2.05) is 56.3 Å². The highest BCUT2D eigenvalue weighted by atomic mass is 16.2. The molecule has 0 spiro atoms. The highest BCUT2D eigenvalue weighted by molar-refractivity contribution is 6.62. The van der Waals surface area contributed by atoms with Crippen molar-refractivity contribution >= 4 is 40.9 Å². The first kappa shape index (κ1) is 19.1. The molecule has 0 unspecified atom stereocenters. The average molecular weight is 378 g/mol. The third-order valence-electron chi connectivity index (χ3n) is 4.31. The van der Waals surface area contributed by atoms with Crippen molar-refractivity contribution in [3.8, 4) is 0 Å². The van der Waals surface area contributed by atoms with Gasteiger partial charge in [-0.2, -0.15) is 0 Å². The average Bonchev–Trinajstić information content (AvgIpc) is 2.98. The number of nitrogens with zero attached hydrogens (tertiary/aromatic N) is 4. The van der Waals surface area contributed by atoms with Gasteiger partial charge in [0, 0.05) is 19.8 Å². The molecule has 1 heterocycles. The summed E-state index contributed by atoms with van der Waals surface area (Å²) in [4.78, 5) is 17.9. The van der Waals surface area contributed by atoms with Crippen molar-refractivity contribution in [3.05, 3.63) is 53.6 Å². The van der Waals surface area contributed by atoms with Crippen molar-refractivity contribution in [2.75, 3.05) is 24.3 Å². The first-order valence-electron chi connectivity index (χ1n) is 8.80. The van der Waals surface area contributed by atoms with Crippen molar-refractivity contribution < 1.29 is 9.48 Å². The molecule has 0 saturated heterocycles. The second kappa shape index (κ2) is 7.91. The minimum absolute atomic E-state index is 0.447. The largest absolute Gasteiger partial charge is 0.378 e. The van der Waals surface area contributed by atoms with E-state index in [4.69, 9.17) is 11.5 Å². The summed E-state index contributed by atoms with van der Waals surface area (Å²) < 4.78 is 1.69. The van der Waals surface area contributed by atoms with Crippen LogP contribution in [0.5, 0.6) is 0 Å². The number of nitrogens with one attached hydrogen (secondary N) is 1. The van der Waals surface area contributed by atoms with Gasteiger partial charge in [-0.1, -0.05) is 34.9 Å². The Labute approximate surface area is 163 Å². The molecular weight excluding hydrogens is 354 g/mol. The number of urea groups is 1. The molecule has 0 fully saturated rings. The molecule has 8 heteroatoms. The number of carbonyl (C=O) groups excluding carboxylic acids is 1. The zero-order valence-electron chi connectivity index (χ0n) is 16.2. The number of aryl methyl sites for hydroxylation is 1. The smallest absolute Gasteiger partial charge is 0.321 e. The highest BCUT2D eigenvalue weighted by Crippen LogP contribution is 2.29. The zero-order valence-corrected chi connectivity index (χ0v) is 16.2. The van der Waals surface area contributed by atoms with Gasteiger partial charge in [0.15, 0.2) is 5.71 Å². The number of aliphatic imine (C=N–C) groups is 1. The quantitative estimate of drug-likeness (QED) is 0.693.